The number of ether oxygens (including phenoxy) is 1. The first-order chi connectivity index (χ1) is 9.69. The second-order valence-corrected chi connectivity index (χ2v) is 4.92. The third-order valence-corrected chi connectivity index (χ3v) is 2.85. The van der Waals surface area contributed by atoms with Crippen LogP contribution in [0.1, 0.15) is 44.0 Å². The maximum atomic E-state index is 5.64. The first-order valence-electron chi connectivity index (χ1n) is 6.94. The van der Waals surface area contributed by atoms with Gasteiger partial charge in [-0.2, -0.15) is 4.98 Å². The van der Waals surface area contributed by atoms with E-state index in [1.165, 1.54) is 5.56 Å². The van der Waals surface area contributed by atoms with Crippen molar-refractivity contribution >= 4 is 0 Å². The molecule has 0 saturated heterocycles. The lowest BCUT2D eigenvalue weighted by molar-refractivity contribution is 0.284. The summed E-state index contributed by atoms with van der Waals surface area (Å²) < 4.78 is 10.8. The molecule has 0 radical (unpaired) electrons. The van der Waals surface area contributed by atoms with E-state index in [1.54, 1.807) is 0 Å². The van der Waals surface area contributed by atoms with Crippen LogP contribution in [0, 0.1) is 0 Å². The van der Waals surface area contributed by atoms with Crippen LogP contribution in [-0.4, -0.2) is 16.7 Å². The van der Waals surface area contributed by atoms with E-state index in [9.17, 15) is 0 Å². The fourth-order valence-electron chi connectivity index (χ4n) is 1.68. The maximum absolute atomic E-state index is 5.64. The van der Waals surface area contributed by atoms with Crippen molar-refractivity contribution in [2.24, 2.45) is 0 Å². The van der Waals surface area contributed by atoms with Crippen molar-refractivity contribution in [2.75, 3.05) is 6.54 Å². The third-order valence-electron chi connectivity index (χ3n) is 2.85. The van der Waals surface area contributed by atoms with Gasteiger partial charge < -0.3 is 14.6 Å². The number of hydrogen-bond donors (Lipinski definition) is 1. The number of rotatable bonds is 7. The molecule has 0 saturated carbocycles. The molecule has 5 nitrogen and oxygen atoms in total. The Balaban J connectivity index is 1.86. The van der Waals surface area contributed by atoms with Gasteiger partial charge in [-0.1, -0.05) is 38.1 Å². The Morgan fingerprint density at radius 3 is 2.60 bits per heavy atom. The first kappa shape index (κ1) is 14.5. The van der Waals surface area contributed by atoms with Gasteiger partial charge in [0.2, 0.25) is 11.7 Å². The lowest BCUT2D eigenvalue weighted by Gasteiger charge is -2.05. The lowest BCUT2D eigenvalue weighted by atomic mass is 10.2. The van der Waals surface area contributed by atoms with Gasteiger partial charge in [0.25, 0.3) is 0 Å². The van der Waals surface area contributed by atoms with Crippen LogP contribution in [-0.2, 0) is 13.2 Å². The molecule has 0 unspecified atom stereocenters. The van der Waals surface area contributed by atoms with E-state index in [0.29, 0.717) is 18.3 Å². The van der Waals surface area contributed by atoms with Crippen molar-refractivity contribution in [2.45, 2.75) is 39.8 Å². The summed E-state index contributed by atoms with van der Waals surface area (Å²) in [5.41, 5.74) is 1.24. The normalized spacial score (nSPS) is 11.0. The second kappa shape index (κ2) is 7.05. The molecule has 2 rings (SSSR count). The van der Waals surface area contributed by atoms with Gasteiger partial charge in [0.05, 0.1) is 0 Å². The van der Waals surface area contributed by atoms with Gasteiger partial charge in [0, 0.05) is 12.5 Å². The Labute approximate surface area is 119 Å². The highest BCUT2D eigenvalue weighted by atomic mass is 16.5. The monoisotopic (exact) mass is 275 g/mol. The number of aromatic nitrogens is 2. The SMILES string of the molecule is CCNCc1ccc(OCc2noc(C(C)C)n2)cc1. The van der Waals surface area contributed by atoms with E-state index in [4.69, 9.17) is 9.26 Å². The molecule has 0 aliphatic carbocycles. The molecule has 5 heteroatoms. The molecular formula is C15H21N3O2. The minimum absolute atomic E-state index is 0.238. The second-order valence-electron chi connectivity index (χ2n) is 4.92. The van der Waals surface area contributed by atoms with Crippen LogP contribution in [0.2, 0.25) is 0 Å². The summed E-state index contributed by atoms with van der Waals surface area (Å²) >= 11 is 0. The molecule has 0 atom stereocenters. The van der Waals surface area contributed by atoms with E-state index in [1.807, 2.05) is 38.1 Å². The first-order valence-corrected chi connectivity index (χ1v) is 6.94. The van der Waals surface area contributed by atoms with Crippen molar-refractivity contribution < 1.29 is 9.26 Å². The number of nitrogens with zero attached hydrogens (tertiary/aromatic N) is 2. The maximum Gasteiger partial charge on any atom is 0.229 e. The molecule has 0 bridgehead atoms. The zero-order valence-corrected chi connectivity index (χ0v) is 12.2. The molecule has 2 aromatic rings. The quantitative estimate of drug-likeness (QED) is 0.842. The van der Waals surface area contributed by atoms with Crippen LogP contribution < -0.4 is 10.1 Å². The predicted molar refractivity (Wildman–Crippen MR) is 76.5 cm³/mol. The Hall–Kier alpha value is -1.88. The zero-order valence-electron chi connectivity index (χ0n) is 12.2. The molecule has 1 aromatic heterocycles. The van der Waals surface area contributed by atoms with E-state index in [0.717, 1.165) is 18.8 Å². The van der Waals surface area contributed by atoms with Gasteiger partial charge in [-0.25, -0.2) is 0 Å². The fourth-order valence-corrected chi connectivity index (χ4v) is 1.68. The van der Waals surface area contributed by atoms with Gasteiger partial charge in [0.15, 0.2) is 6.61 Å². The van der Waals surface area contributed by atoms with Gasteiger partial charge in [0.1, 0.15) is 5.75 Å². The summed E-state index contributed by atoms with van der Waals surface area (Å²) in [4.78, 5) is 4.27. The number of hydrogen-bond acceptors (Lipinski definition) is 5. The van der Waals surface area contributed by atoms with Gasteiger partial charge >= 0.3 is 0 Å². The molecule has 0 aliphatic heterocycles. The summed E-state index contributed by atoms with van der Waals surface area (Å²) in [6.07, 6.45) is 0. The van der Waals surface area contributed by atoms with Crippen LogP contribution in [0.15, 0.2) is 28.8 Å². The summed E-state index contributed by atoms with van der Waals surface area (Å²) in [5, 5.41) is 7.17. The highest BCUT2D eigenvalue weighted by molar-refractivity contribution is 5.27. The van der Waals surface area contributed by atoms with Crippen molar-refractivity contribution in [3.63, 3.8) is 0 Å². The minimum atomic E-state index is 0.238. The fraction of sp³-hybridized carbons (Fsp3) is 0.467. The highest BCUT2D eigenvalue weighted by Gasteiger charge is 2.10. The molecule has 1 aromatic carbocycles. The Morgan fingerprint density at radius 1 is 1.25 bits per heavy atom. The van der Waals surface area contributed by atoms with Crippen LogP contribution in [0.3, 0.4) is 0 Å². The standard InChI is InChI=1S/C15H21N3O2/c1-4-16-9-12-5-7-13(8-6-12)19-10-14-17-15(11(2)3)20-18-14/h5-8,11,16H,4,9-10H2,1-3H3. The van der Waals surface area contributed by atoms with Gasteiger partial charge in [-0.3, -0.25) is 0 Å². The highest BCUT2D eigenvalue weighted by Crippen LogP contribution is 2.15. The number of nitrogens with one attached hydrogen (secondary N) is 1. The molecule has 0 aliphatic rings. The number of benzene rings is 1. The lowest BCUT2D eigenvalue weighted by Crippen LogP contribution is -2.11. The predicted octanol–water partition coefficient (Wildman–Crippen LogP) is 2.88. The van der Waals surface area contributed by atoms with Crippen LogP contribution in [0.25, 0.3) is 0 Å². The summed E-state index contributed by atoms with van der Waals surface area (Å²) in [6.45, 7) is 8.28. The molecule has 0 spiro atoms. The largest absolute Gasteiger partial charge is 0.485 e. The average Bonchev–Trinajstić information content (AvgIpc) is 2.93. The minimum Gasteiger partial charge on any atom is -0.485 e. The smallest absolute Gasteiger partial charge is 0.229 e. The molecule has 108 valence electrons. The molecule has 1 heterocycles. The summed E-state index contributed by atoms with van der Waals surface area (Å²) in [6, 6.07) is 8.01. The van der Waals surface area contributed by atoms with E-state index >= 15 is 0 Å². The van der Waals surface area contributed by atoms with Crippen LogP contribution >= 0.6 is 0 Å². The molecule has 0 fully saturated rings. The van der Waals surface area contributed by atoms with Gasteiger partial charge in [-0.05, 0) is 24.2 Å². The Bertz CT molecular complexity index is 520. The van der Waals surface area contributed by atoms with Crippen molar-refractivity contribution in [3.05, 3.63) is 41.5 Å². The molecular weight excluding hydrogens is 254 g/mol. The Kier molecular flexibility index (Phi) is 5.12. The van der Waals surface area contributed by atoms with Gasteiger partial charge in [-0.15, -0.1) is 0 Å². The third kappa shape index (κ3) is 4.06. The Morgan fingerprint density at radius 2 is 2.00 bits per heavy atom. The zero-order chi connectivity index (χ0) is 14.4. The molecule has 1 N–H and O–H groups in total. The van der Waals surface area contributed by atoms with Crippen LogP contribution in [0.5, 0.6) is 5.75 Å². The molecule has 20 heavy (non-hydrogen) atoms. The van der Waals surface area contributed by atoms with E-state index in [-0.39, 0.29) is 5.92 Å². The van der Waals surface area contributed by atoms with Crippen molar-refractivity contribution in [3.8, 4) is 5.75 Å². The average molecular weight is 275 g/mol. The topological polar surface area (TPSA) is 60.2 Å². The summed E-state index contributed by atoms with van der Waals surface area (Å²) in [5.74, 6) is 2.26. The molecule has 0 amide bonds. The van der Waals surface area contributed by atoms with E-state index in [2.05, 4.69) is 22.4 Å². The van der Waals surface area contributed by atoms with Crippen LogP contribution in [0.4, 0.5) is 0 Å². The van der Waals surface area contributed by atoms with Crippen molar-refractivity contribution in [1.82, 2.24) is 15.5 Å². The van der Waals surface area contributed by atoms with Crippen molar-refractivity contribution in [1.29, 1.82) is 0 Å². The van der Waals surface area contributed by atoms with E-state index < -0.39 is 0 Å². The summed E-state index contributed by atoms with van der Waals surface area (Å²) in [7, 11) is 0.